The van der Waals surface area contributed by atoms with Gasteiger partial charge in [0.1, 0.15) is 0 Å². The van der Waals surface area contributed by atoms with E-state index >= 15 is 0 Å². The molecule has 1 aromatic heterocycles. The second-order valence-corrected chi connectivity index (χ2v) is 7.09. The molecule has 1 N–H and O–H groups in total. The van der Waals surface area contributed by atoms with Gasteiger partial charge in [-0.25, -0.2) is 4.79 Å². The maximum absolute atomic E-state index is 12.6. The molecule has 1 aliphatic heterocycles. The van der Waals surface area contributed by atoms with Gasteiger partial charge in [0.15, 0.2) is 6.04 Å². The largest absolute Gasteiger partial charge is 0.479 e. The highest BCUT2D eigenvalue weighted by molar-refractivity contribution is 7.10. The molecule has 1 fully saturated rings. The van der Waals surface area contributed by atoms with Crippen molar-refractivity contribution in [2.45, 2.75) is 51.0 Å². The molecule has 0 aromatic carbocycles. The lowest BCUT2D eigenvalue weighted by Gasteiger charge is -2.34. The van der Waals surface area contributed by atoms with Crippen molar-refractivity contribution in [3.05, 3.63) is 21.9 Å². The van der Waals surface area contributed by atoms with Crippen molar-refractivity contribution in [1.82, 2.24) is 4.90 Å². The average molecular weight is 307 g/mol. The van der Waals surface area contributed by atoms with Gasteiger partial charge in [-0.05, 0) is 42.2 Å². The monoisotopic (exact) mass is 307 g/mol. The molecule has 1 aromatic rings. The Balaban J connectivity index is 1.74. The normalized spacial score (nSPS) is 22.9. The highest BCUT2D eigenvalue weighted by Crippen LogP contribution is 2.35. The Bertz CT molecular complexity index is 533. The summed E-state index contributed by atoms with van der Waals surface area (Å²) in [6.45, 7) is 0.538. The van der Waals surface area contributed by atoms with Gasteiger partial charge in [0.2, 0.25) is 5.91 Å². The van der Waals surface area contributed by atoms with Gasteiger partial charge in [-0.2, -0.15) is 0 Å². The molecule has 114 valence electrons. The number of carbonyl (C=O) groups is 2. The summed E-state index contributed by atoms with van der Waals surface area (Å²) in [5.41, 5.74) is 0.816. The van der Waals surface area contributed by atoms with Crippen LogP contribution in [-0.4, -0.2) is 28.4 Å². The molecular formula is C16H21NO3S. The molecule has 21 heavy (non-hydrogen) atoms. The summed E-state index contributed by atoms with van der Waals surface area (Å²) >= 11 is 1.59. The second-order valence-electron chi connectivity index (χ2n) is 6.09. The fourth-order valence-corrected chi connectivity index (χ4v) is 4.51. The van der Waals surface area contributed by atoms with E-state index in [1.165, 1.54) is 19.3 Å². The lowest BCUT2D eigenvalue weighted by Crippen LogP contribution is -2.43. The van der Waals surface area contributed by atoms with Gasteiger partial charge in [-0.1, -0.05) is 19.3 Å². The van der Waals surface area contributed by atoms with E-state index in [-0.39, 0.29) is 5.91 Å². The molecule has 1 atom stereocenters. The lowest BCUT2D eigenvalue weighted by atomic mass is 9.86. The van der Waals surface area contributed by atoms with Crippen molar-refractivity contribution in [3.8, 4) is 0 Å². The third-order valence-electron chi connectivity index (χ3n) is 4.71. The molecule has 0 radical (unpaired) electrons. The number of fused-ring (bicyclic) bond motifs is 1. The lowest BCUT2D eigenvalue weighted by molar-refractivity contribution is -0.151. The fraction of sp³-hybridized carbons (Fsp3) is 0.625. The maximum Gasteiger partial charge on any atom is 0.331 e. The number of carboxylic acids is 1. The first-order valence-corrected chi connectivity index (χ1v) is 8.63. The molecule has 0 bridgehead atoms. The van der Waals surface area contributed by atoms with Gasteiger partial charge in [0.25, 0.3) is 0 Å². The van der Waals surface area contributed by atoms with Crippen molar-refractivity contribution in [1.29, 1.82) is 0 Å². The third-order valence-corrected chi connectivity index (χ3v) is 5.70. The summed E-state index contributed by atoms with van der Waals surface area (Å²) < 4.78 is 0. The van der Waals surface area contributed by atoms with Crippen LogP contribution in [0.2, 0.25) is 0 Å². The Hall–Kier alpha value is -1.36. The van der Waals surface area contributed by atoms with Gasteiger partial charge in [-0.3, -0.25) is 4.79 Å². The maximum atomic E-state index is 12.6. The topological polar surface area (TPSA) is 57.6 Å². The zero-order valence-corrected chi connectivity index (χ0v) is 12.9. The standard InChI is InChI=1S/C16H21NO3S/c18-14(10-11-4-2-1-3-5-11)17-8-6-13-12(7-9-21-13)15(17)16(19)20/h7,9,11,15H,1-6,8,10H2,(H,19,20). The van der Waals surface area contributed by atoms with Crippen LogP contribution in [0.25, 0.3) is 0 Å². The van der Waals surface area contributed by atoms with E-state index in [2.05, 4.69) is 0 Å². The molecule has 2 aliphatic rings. The van der Waals surface area contributed by atoms with E-state index in [4.69, 9.17) is 0 Å². The van der Waals surface area contributed by atoms with E-state index in [0.29, 0.717) is 18.9 Å². The van der Waals surface area contributed by atoms with Crippen LogP contribution in [0, 0.1) is 5.92 Å². The number of thiophene rings is 1. The molecule has 1 aliphatic carbocycles. The second kappa shape index (κ2) is 6.18. The minimum atomic E-state index is -0.911. The van der Waals surface area contributed by atoms with Crippen molar-refractivity contribution in [2.75, 3.05) is 6.54 Å². The zero-order chi connectivity index (χ0) is 14.8. The number of hydrogen-bond donors (Lipinski definition) is 1. The van der Waals surface area contributed by atoms with Gasteiger partial charge in [0, 0.05) is 17.8 Å². The van der Waals surface area contributed by atoms with Crippen molar-refractivity contribution >= 4 is 23.2 Å². The summed E-state index contributed by atoms with van der Waals surface area (Å²) in [5.74, 6) is -0.443. The number of carboxylic acid groups (broad SMARTS) is 1. The highest BCUT2D eigenvalue weighted by atomic mass is 32.1. The van der Waals surface area contributed by atoms with E-state index in [1.54, 1.807) is 16.2 Å². The molecule has 0 spiro atoms. The van der Waals surface area contributed by atoms with E-state index in [9.17, 15) is 14.7 Å². The predicted octanol–water partition coefficient (Wildman–Crippen LogP) is 3.23. The first-order chi connectivity index (χ1) is 10.2. The predicted molar refractivity (Wildman–Crippen MR) is 81.3 cm³/mol. The molecule has 4 nitrogen and oxygen atoms in total. The number of amides is 1. The van der Waals surface area contributed by atoms with E-state index in [0.717, 1.165) is 29.7 Å². The fourth-order valence-electron chi connectivity index (χ4n) is 3.61. The Morgan fingerprint density at radius 1 is 1.29 bits per heavy atom. The molecule has 0 saturated heterocycles. The van der Waals surface area contributed by atoms with Gasteiger partial charge in [-0.15, -0.1) is 11.3 Å². The first-order valence-electron chi connectivity index (χ1n) is 7.75. The van der Waals surface area contributed by atoms with Crippen LogP contribution in [-0.2, 0) is 16.0 Å². The Morgan fingerprint density at radius 2 is 2.05 bits per heavy atom. The molecule has 1 unspecified atom stereocenters. The van der Waals surface area contributed by atoms with Crippen molar-refractivity contribution in [3.63, 3.8) is 0 Å². The minimum Gasteiger partial charge on any atom is -0.479 e. The number of aliphatic carboxylic acids is 1. The minimum absolute atomic E-state index is 0.0196. The number of hydrogen-bond acceptors (Lipinski definition) is 3. The highest BCUT2D eigenvalue weighted by Gasteiger charge is 2.37. The van der Waals surface area contributed by atoms with Gasteiger partial charge in [0.05, 0.1) is 0 Å². The van der Waals surface area contributed by atoms with E-state index < -0.39 is 12.0 Å². The van der Waals surface area contributed by atoms with Gasteiger partial charge < -0.3 is 10.0 Å². The zero-order valence-electron chi connectivity index (χ0n) is 12.1. The van der Waals surface area contributed by atoms with Crippen molar-refractivity contribution < 1.29 is 14.7 Å². The first kappa shape index (κ1) is 14.6. The molecular weight excluding hydrogens is 286 g/mol. The van der Waals surface area contributed by atoms with Crippen LogP contribution in [0.15, 0.2) is 11.4 Å². The Kier molecular flexibility index (Phi) is 4.29. The smallest absolute Gasteiger partial charge is 0.331 e. The number of carbonyl (C=O) groups excluding carboxylic acids is 1. The number of rotatable bonds is 3. The summed E-state index contributed by atoms with van der Waals surface area (Å²) in [6, 6.07) is 1.08. The molecule has 2 heterocycles. The van der Waals surface area contributed by atoms with Crippen LogP contribution in [0.1, 0.15) is 55.0 Å². The molecule has 1 saturated carbocycles. The summed E-state index contributed by atoms with van der Waals surface area (Å²) in [4.78, 5) is 26.9. The Labute approximate surface area is 128 Å². The molecule has 1 amide bonds. The number of nitrogens with zero attached hydrogens (tertiary/aromatic N) is 1. The average Bonchev–Trinajstić information content (AvgIpc) is 2.95. The van der Waals surface area contributed by atoms with Crippen LogP contribution in [0.4, 0.5) is 0 Å². The van der Waals surface area contributed by atoms with E-state index in [1.807, 2.05) is 11.4 Å². The van der Waals surface area contributed by atoms with Crippen molar-refractivity contribution in [2.24, 2.45) is 5.92 Å². The molecule has 3 rings (SSSR count). The van der Waals surface area contributed by atoms with Crippen LogP contribution in [0.5, 0.6) is 0 Å². The van der Waals surface area contributed by atoms with Crippen LogP contribution < -0.4 is 0 Å². The quantitative estimate of drug-likeness (QED) is 0.932. The van der Waals surface area contributed by atoms with Crippen LogP contribution >= 0.6 is 11.3 Å². The summed E-state index contributed by atoms with van der Waals surface area (Å²) in [7, 11) is 0. The summed E-state index contributed by atoms with van der Waals surface area (Å²) in [5, 5.41) is 11.5. The van der Waals surface area contributed by atoms with Crippen LogP contribution in [0.3, 0.4) is 0 Å². The SMILES string of the molecule is O=C(O)C1c2ccsc2CCN1C(=O)CC1CCCCC1. The summed E-state index contributed by atoms with van der Waals surface area (Å²) in [6.07, 6.45) is 7.20. The third kappa shape index (κ3) is 2.98. The van der Waals surface area contributed by atoms with Gasteiger partial charge >= 0.3 is 5.97 Å². The molecule has 5 heteroatoms. The Morgan fingerprint density at radius 3 is 2.76 bits per heavy atom.